The van der Waals surface area contributed by atoms with Gasteiger partial charge in [0, 0.05) is 47.3 Å². The normalized spacial score (nSPS) is 20.2. The predicted molar refractivity (Wildman–Crippen MR) is 122 cm³/mol. The molecule has 2 heterocycles. The van der Waals surface area contributed by atoms with Crippen molar-refractivity contribution in [2.24, 2.45) is 0 Å². The van der Waals surface area contributed by atoms with E-state index in [2.05, 4.69) is 5.32 Å². The van der Waals surface area contributed by atoms with Crippen LogP contribution in [0.5, 0.6) is 0 Å². The van der Waals surface area contributed by atoms with Crippen LogP contribution in [0.25, 0.3) is 0 Å². The highest BCUT2D eigenvalue weighted by Crippen LogP contribution is 2.35. The van der Waals surface area contributed by atoms with Crippen molar-refractivity contribution in [3.8, 4) is 0 Å². The smallest absolute Gasteiger partial charge is 0.254 e. The molecule has 8 heteroatoms. The number of ether oxygens (including phenoxy) is 1. The third-order valence-electron chi connectivity index (χ3n) is 6.41. The average Bonchev–Trinajstić information content (AvgIpc) is 3.27. The van der Waals surface area contributed by atoms with E-state index in [-0.39, 0.29) is 17.6 Å². The first-order chi connectivity index (χ1) is 15.4. The number of nitrogens with zero attached hydrogens (tertiary/aromatic N) is 1. The lowest BCUT2D eigenvalue weighted by atomic mass is 9.74. The zero-order valence-electron chi connectivity index (χ0n) is 17.6. The van der Waals surface area contributed by atoms with Gasteiger partial charge in [0.25, 0.3) is 5.91 Å². The molecule has 0 saturated carbocycles. The van der Waals surface area contributed by atoms with E-state index in [1.165, 1.54) is 12.1 Å². The van der Waals surface area contributed by atoms with Gasteiger partial charge < -0.3 is 15.0 Å². The average molecular weight is 479 g/mol. The molecular formula is C24H25Cl2FN2O3. The molecule has 4 rings (SSSR count). The molecule has 1 atom stereocenters. The fourth-order valence-corrected chi connectivity index (χ4v) is 5.17. The molecule has 2 aromatic carbocycles. The molecule has 1 unspecified atom stereocenters. The van der Waals surface area contributed by atoms with Gasteiger partial charge in [0.15, 0.2) is 0 Å². The Bertz CT molecular complexity index is 990. The van der Waals surface area contributed by atoms with E-state index in [1.807, 2.05) is 6.07 Å². The second-order valence-corrected chi connectivity index (χ2v) is 9.31. The first-order valence-electron chi connectivity index (χ1n) is 10.8. The molecule has 2 aliphatic heterocycles. The predicted octanol–water partition coefficient (Wildman–Crippen LogP) is 4.60. The van der Waals surface area contributed by atoms with Gasteiger partial charge in [0.2, 0.25) is 5.91 Å². The summed E-state index contributed by atoms with van der Waals surface area (Å²) in [5.74, 6) is -0.767. The number of rotatable bonds is 5. The summed E-state index contributed by atoms with van der Waals surface area (Å²) >= 11 is 12.1. The molecule has 0 spiro atoms. The molecule has 170 valence electrons. The van der Waals surface area contributed by atoms with Crippen molar-refractivity contribution >= 4 is 35.0 Å². The zero-order chi connectivity index (χ0) is 22.7. The lowest BCUT2D eigenvalue weighted by Crippen LogP contribution is -2.50. The summed E-state index contributed by atoms with van der Waals surface area (Å²) in [6, 6.07) is 10.7. The summed E-state index contributed by atoms with van der Waals surface area (Å²) in [6.07, 6.45) is 2.69. The van der Waals surface area contributed by atoms with Gasteiger partial charge in [0.05, 0.1) is 0 Å². The first kappa shape index (κ1) is 23.0. The summed E-state index contributed by atoms with van der Waals surface area (Å²) in [5, 5.41) is 3.79. The van der Waals surface area contributed by atoms with Crippen LogP contribution in [-0.4, -0.2) is 49.1 Å². The number of carbonyl (C=O) groups is 2. The highest BCUT2D eigenvalue weighted by molar-refractivity contribution is 6.35. The summed E-state index contributed by atoms with van der Waals surface area (Å²) in [7, 11) is 0. The highest BCUT2D eigenvalue weighted by atomic mass is 35.5. The molecule has 5 nitrogen and oxygen atoms in total. The van der Waals surface area contributed by atoms with Crippen LogP contribution in [0.4, 0.5) is 4.39 Å². The van der Waals surface area contributed by atoms with Gasteiger partial charge in [0.1, 0.15) is 11.9 Å². The number of benzene rings is 2. The molecule has 1 N–H and O–H groups in total. The van der Waals surface area contributed by atoms with Crippen LogP contribution in [0.1, 0.15) is 41.6 Å². The molecule has 0 aromatic heterocycles. The maximum Gasteiger partial charge on any atom is 0.254 e. The van der Waals surface area contributed by atoms with Crippen molar-refractivity contribution in [2.75, 3.05) is 26.3 Å². The van der Waals surface area contributed by atoms with Crippen molar-refractivity contribution in [1.29, 1.82) is 0 Å². The Kier molecular flexibility index (Phi) is 7.03. The zero-order valence-corrected chi connectivity index (χ0v) is 19.1. The maximum atomic E-state index is 13.9. The molecule has 0 aliphatic carbocycles. The molecular weight excluding hydrogens is 454 g/mol. The van der Waals surface area contributed by atoms with E-state index in [0.29, 0.717) is 61.2 Å². The Morgan fingerprint density at radius 2 is 1.84 bits per heavy atom. The molecule has 2 amide bonds. The molecule has 32 heavy (non-hydrogen) atoms. The Hall–Kier alpha value is -2.15. The van der Waals surface area contributed by atoms with Crippen molar-refractivity contribution in [2.45, 2.75) is 37.1 Å². The number of amides is 2. The van der Waals surface area contributed by atoms with Gasteiger partial charge in [-0.15, -0.1) is 0 Å². The van der Waals surface area contributed by atoms with Gasteiger partial charge in [-0.05, 0) is 61.6 Å². The van der Waals surface area contributed by atoms with E-state index in [1.54, 1.807) is 29.2 Å². The highest BCUT2D eigenvalue weighted by Gasteiger charge is 2.38. The number of halogens is 3. The monoisotopic (exact) mass is 478 g/mol. The fraction of sp³-hybridized carbons (Fsp3) is 0.417. The number of nitrogens with one attached hydrogen (secondary N) is 1. The summed E-state index contributed by atoms with van der Waals surface area (Å²) in [4.78, 5) is 27.8. The fourth-order valence-electron chi connectivity index (χ4n) is 4.65. The number of likely N-dealkylation sites (tertiary alicyclic amines) is 1. The maximum absolute atomic E-state index is 13.9. The summed E-state index contributed by atoms with van der Waals surface area (Å²) in [5.41, 5.74) is 0.820. The van der Waals surface area contributed by atoms with E-state index in [9.17, 15) is 14.0 Å². The Morgan fingerprint density at radius 3 is 2.53 bits per heavy atom. The second kappa shape index (κ2) is 9.77. The summed E-state index contributed by atoms with van der Waals surface area (Å²) < 4.78 is 19.4. The van der Waals surface area contributed by atoms with E-state index >= 15 is 0 Å². The second-order valence-electron chi connectivity index (χ2n) is 8.44. The quantitative estimate of drug-likeness (QED) is 0.682. The molecule has 0 bridgehead atoms. The van der Waals surface area contributed by atoms with Gasteiger partial charge in [-0.25, -0.2) is 4.39 Å². The lowest BCUT2D eigenvalue weighted by Gasteiger charge is -2.38. The minimum atomic E-state index is -0.565. The van der Waals surface area contributed by atoms with Crippen LogP contribution in [0, 0.1) is 5.82 Å². The van der Waals surface area contributed by atoms with Crippen molar-refractivity contribution in [3.63, 3.8) is 0 Å². The Balaban J connectivity index is 1.49. The molecule has 0 radical (unpaired) electrons. The Labute approximate surface area is 196 Å². The van der Waals surface area contributed by atoms with Crippen LogP contribution in [-0.2, 0) is 14.9 Å². The minimum absolute atomic E-state index is 0.203. The van der Waals surface area contributed by atoms with Crippen molar-refractivity contribution in [3.05, 3.63) is 69.5 Å². The molecule has 2 aliphatic rings. The summed E-state index contributed by atoms with van der Waals surface area (Å²) in [6.45, 7) is 1.95. The third kappa shape index (κ3) is 4.92. The number of hydrogen-bond acceptors (Lipinski definition) is 3. The van der Waals surface area contributed by atoms with Crippen LogP contribution in [0.2, 0.25) is 10.0 Å². The topological polar surface area (TPSA) is 58.6 Å². The van der Waals surface area contributed by atoms with Gasteiger partial charge in [-0.2, -0.15) is 0 Å². The van der Waals surface area contributed by atoms with Crippen LogP contribution >= 0.6 is 23.2 Å². The minimum Gasteiger partial charge on any atom is -0.381 e. The standard InChI is InChI=1S/C24H25Cl2FN2O3/c25-18-11-16(12-19(26)14-18)23(31)29-8-2-5-21(29)22(30)28-15-24(6-9-32-10-7-24)17-3-1-4-20(27)13-17/h1,3-4,11-14,21H,2,5-10,15H2,(H,28,30). The van der Waals surface area contributed by atoms with Gasteiger partial charge in [-0.1, -0.05) is 35.3 Å². The van der Waals surface area contributed by atoms with E-state index in [4.69, 9.17) is 27.9 Å². The molecule has 2 aromatic rings. The largest absolute Gasteiger partial charge is 0.381 e. The van der Waals surface area contributed by atoms with E-state index < -0.39 is 11.5 Å². The molecule has 2 fully saturated rings. The van der Waals surface area contributed by atoms with Crippen LogP contribution < -0.4 is 5.32 Å². The Morgan fingerprint density at radius 1 is 1.12 bits per heavy atom. The lowest BCUT2D eigenvalue weighted by molar-refractivity contribution is -0.125. The van der Waals surface area contributed by atoms with Crippen LogP contribution in [0.3, 0.4) is 0 Å². The molecule has 2 saturated heterocycles. The van der Waals surface area contributed by atoms with E-state index in [0.717, 1.165) is 12.0 Å². The number of hydrogen-bond donors (Lipinski definition) is 1. The SMILES string of the molecule is O=C(NCC1(c2cccc(F)c2)CCOCC1)C1CCCN1C(=O)c1cc(Cl)cc(Cl)c1. The van der Waals surface area contributed by atoms with Crippen molar-refractivity contribution < 1.29 is 18.7 Å². The van der Waals surface area contributed by atoms with Gasteiger partial charge >= 0.3 is 0 Å². The van der Waals surface area contributed by atoms with Crippen LogP contribution in [0.15, 0.2) is 42.5 Å². The third-order valence-corrected chi connectivity index (χ3v) is 6.85. The number of carbonyl (C=O) groups excluding carboxylic acids is 2. The van der Waals surface area contributed by atoms with Gasteiger partial charge in [-0.3, -0.25) is 9.59 Å². The first-order valence-corrected chi connectivity index (χ1v) is 11.5. The van der Waals surface area contributed by atoms with Crippen molar-refractivity contribution in [1.82, 2.24) is 10.2 Å².